The maximum atomic E-state index is 11.5. The maximum absolute atomic E-state index is 11.5. The molecule has 6 heteroatoms. The SMILES string of the molecule is C=NC1=C(/C=C\C)S(N)(=O)=NC1=O. The average molecular weight is 199 g/mol. The van der Waals surface area contributed by atoms with Crippen LogP contribution in [0.2, 0.25) is 0 Å². The van der Waals surface area contributed by atoms with Crippen molar-refractivity contribution < 1.29 is 9.00 Å². The van der Waals surface area contributed by atoms with Crippen LogP contribution < -0.4 is 5.14 Å². The van der Waals surface area contributed by atoms with Crippen molar-refractivity contribution in [1.29, 1.82) is 0 Å². The zero-order valence-corrected chi connectivity index (χ0v) is 7.87. The first-order valence-electron chi connectivity index (χ1n) is 3.46. The molecule has 0 aromatic carbocycles. The smallest absolute Gasteiger partial charge is 0.264 e. The van der Waals surface area contributed by atoms with Gasteiger partial charge in [0.15, 0.2) is 0 Å². The van der Waals surface area contributed by atoms with Gasteiger partial charge in [-0.05, 0) is 19.7 Å². The first-order valence-corrected chi connectivity index (χ1v) is 5.03. The summed E-state index contributed by atoms with van der Waals surface area (Å²) < 4.78 is 14.8. The summed E-state index contributed by atoms with van der Waals surface area (Å²) in [5.41, 5.74) is -0.0226. The number of hydrogen-bond acceptors (Lipinski definition) is 3. The summed E-state index contributed by atoms with van der Waals surface area (Å²) in [7, 11) is -3.08. The minimum atomic E-state index is -3.08. The highest BCUT2D eigenvalue weighted by Crippen LogP contribution is 2.22. The molecule has 1 aliphatic heterocycles. The van der Waals surface area contributed by atoms with E-state index >= 15 is 0 Å². The van der Waals surface area contributed by atoms with Gasteiger partial charge in [0, 0.05) is 0 Å². The van der Waals surface area contributed by atoms with Crippen molar-refractivity contribution in [2.24, 2.45) is 14.5 Å². The fourth-order valence-electron chi connectivity index (χ4n) is 0.933. The normalized spacial score (nSPS) is 28.3. The molecular formula is C7H9N3O2S. The van der Waals surface area contributed by atoms with Crippen molar-refractivity contribution >= 4 is 22.5 Å². The van der Waals surface area contributed by atoms with Crippen LogP contribution in [0.3, 0.4) is 0 Å². The number of allylic oxidation sites excluding steroid dienone is 2. The van der Waals surface area contributed by atoms with Crippen molar-refractivity contribution in [3.8, 4) is 0 Å². The lowest BCUT2D eigenvalue weighted by molar-refractivity contribution is -0.114. The van der Waals surface area contributed by atoms with E-state index in [1.807, 2.05) is 0 Å². The van der Waals surface area contributed by atoms with Crippen molar-refractivity contribution in [2.75, 3.05) is 0 Å². The monoisotopic (exact) mass is 199 g/mol. The largest absolute Gasteiger partial charge is 0.306 e. The molecule has 1 heterocycles. The van der Waals surface area contributed by atoms with Gasteiger partial charge in [-0.2, -0.15) is 0 Å². The highest BCUT2D eigenvalue weighted by molar-refractivity contribution is 7.96. The Balaban J connectivity index is 3.46. The van der Waals surface area contributed by atoms with Crippen molar-refractivity contribution in [3.05, 3.63) is 22.8 Å². The number of carbonyl (C=O) groups excluding carboxylic acids is 1. The van der Waals surface area contributed by atoms with E-state index in [2.05, 4.69) is 16.1 Å². The van der Waals surface area contributed by atoms with Gasteiger partial charge < -0.3 is 0 Å². The lowest BCUT2D eigenvalue weighted by atomic mass is 10.3. The van der Waals surface area contributed by atoms with E-state index in [1.54, 1.807) is 13.0 Å². The molecule has 0 bridgehead atoms. The Morgan fingerprint density at radius 3 is 2.77 bits per heavy atom. The molecule has 1 rings (SSSR count). The van der Waals surface area contributed by atoms with E-state index < -0.39 is 15.8 Å². The zero-order valence-electron chi connectivity index (χ0n) is 7.06. The summed E-state index contributed by atoms with van der Waals surface area (Å²) in [6.07, 6.45) is 3.07. The van der Waals surface area contributed by atoms with Crippen LogP contribution in [0.25, 0.3) is 0 Å². The minimum absolute atomic E-state index is 0.0226. The summed E-state index contributed by atoms with van der Waals surface area (Å²) in [6.45, 7) is 4.90. The van der Waals surface area contributed by atoms with E-state index in [9.17, 15) is 9.00 Å². The van der Waals surface area contributed by atoms with E-state index in [0.717, 1.165) is 0 Å². The van der Waals surface area contributed by atoms with Crippen LogP contribution >= 0.6 is 0 Å². The van der Waals surface area contributed by atoms with Gasteiger partial charge in [0.05, 0.1) is 4.91 Å². The molecule has 0 spiro atoms. The van der Waals surface area contributed by atoms with Crippen LogP contribution in [0.5, 0.6) is 0 Å². The Morgan fingerprint density at radius 2 is 2.31 bits per heavy atom. The molecule has 0 radical (unpaired) electrons. The van der Waals surface area contributed by atoms with E-state index in [0.29, 0.717) is 0 Å². The lowest BCUT2D eigenvalue weighted by Gasteiger charge is -1.96. The first-order chi connectivity index (χ1) is 6.03. The molecule has 13 heavy (non-hydrogen) atoms. The molecule has 0 fully saturated rings. The van der Waals surface area contributed by atoms with Crippen LogP contribution in [0, 0.1) is 0 Å². The molecule has 0 aromatic heterocycles. The second-order valence-corrected chi connectivity index (χ2v) is 4.10. The Kier molecular flexibility index (Phi) is 2.44. The van der Waals surface area contributed by atoms with Gasteiger partial charge in [0.2, 0.25) is 0 Å². The molecule has 1 aliphatic rings. The van der Waals surface area contributed by atoms with Gasteiger partial charge in [0.1, 0.15) is 15.6 Å². The van der Waals surface area contributed by atoms with Gasteiger partial charge in [-0.15, -0.1) is 4.36 Å². The third kappa shape index (κ3) is 1.58. The van der Waals surface area contributed by atoms with Crippen LogP contribution in [0.15, 0.2) is 32.1 Å². The molecular weight excluding hydrogens is 190 g/mol. The number of hydrogen-bond donors (Lipinski definition) is 1. The molecule has 5 nitrogen and oxygen atoms in total. The third-order valence-electron chi connectivity index (χ3n) is 1.45. The number of nitrogens with two attached hydrogens (primary N) is 1. The molecule has 2 N–H and O–H groups in total. The second-order valence-electron chi connectivity index (χ2n) is 2.34. The topological polar surface area (TPSA) is 84.9 Å². The van der Waals surface area contributed by atoms with Crippen molar-refractivity contribution in [2.45, 2.75) is 6.92 Å². The molecule has 0 saturated heterocycles. The third-order valence-corrected chi connectivity index (χ3v) is 2.84. The first kappa shape index (κ1) is 9.82. The van der Waals surface area contributed by atoms with Crippen LogP contribution in [-0.4, -0.2) is 16.8 Å². The molecule has 0 aromatic rings. The fourth-order valence-corrected chi connectivity index (χ4v) is 2.12. The Morgan fingerprint density at radius 1 is 1.69 bits per heavy atom. The quantitative estimate of drug-likeness (QED) is 0.651. The standard InChI is InChI=1S/C7H9N3O2S/c1-3-4-5-6(9-2)7(11)10-13(5,8)12/h3-4H,2H2,1H3,(H2,8,10,11,12)/b4-3-. The number of rotatable bonds is 2. The van der Waals surface area contributed by atoms with Gasteiger partial charge >= 0.3 is 5.91 Å². The van der Waals surface area contributed by atoms with E-state index in [4.69, 9.17) is 5.14 Å². The van der Waals surface area contributed by atoms with Gasteiger partial charge in [-0.3, -0.25) is 9.79 Å². The molecule has 1 unspecified atom stereocenters. The summed E-state index contributed by atoms with van der Waals surface area (Å²) in [6, 6.07) is 0. The zero-order chi connectivity index (χ0) is 10.1. The van der Waals surface area contributed by atoms with Crippen molar-refractivity contribution in [1.82, 2.24) is 0 Å². The van der Waals surface area contributed by atoms with Gasteiger partial charge in [0.25, 0.3) is 0 Å². The number of nitrogens with zero attached hydrogens (tertiary/aromatic N) is 2. The highest BCUT2D eigenvalue weighted by atomic mass is 32.2. The number of amides is 1. The van der Waals surface area contributed by atoms with Crippen molar-refractivity contribution in [3.63, 3.8) is 0 Å². The van der Waals surface area contributed by atoms with Crippen LogP contribution in [0.1, 0.15) is 6.92 Å². The van der Waals surface area contributed by atoms with Crippen LogP contribution in [-0.2, 0) is 14.7 Å². The Bertz CT molecular complexity index is 439. The maximum Gasteiger partial charge on any atom is 0.306 e. The Hall–Kier alpha value is -1.27. The summed E-state index contributed by atoms with van der Waals surface area (Å²) in [4.78, 5) is 14.6. The molecule has 70 valence electrons. The Labute approximate surface area is 76.4 Å². The fraction of sp³-hybridized carbons (Fsp3) is 0.143. The number of carbonyl (C=O) groups is 1. The number of aliphatic imine (C=N–C) groups is 1. The summed E-state index contributed by atoms with van der Waals surface area (Å²) in [5, 5.41) is 5.31. The lowest BCUT2D eigenvalue weighted by Crippen LogP contribution is -2.10. The highest BCUT2D eigenvalue weighted by Gasteiger charge is 2.27. The predicted molar refractivity (Wildman–Crippen MR) is 51.2 cm³/mol. The van der Waals surface area contributed by atoms with E-state index in [-0.39, 0.29) is 10.6 Å². The van der Waals surface area contributed by atoms with Gasteiger partial charge in [-0.1, -0.05) is 6.08 Å². The molecule has 1 atom stereocenters. The van der Waals surface area contributed by atoms with E-state index in [1.165, 1.54) is 6.08 Å². The molecule has 0 saturated carbocycles. The second kappa shape index (κ2) is 3.23. The van der Waals surface area contributed by atoms with Crippen LogP contribution in [0.4, 0.5) is 0 Å². The minimum Gasteiger partial charge on any atom is -0.264 e. The summed E-state index contributed by atoms with van der Waals surface area (Å²) >= 11 is 0. The molecule has 1 amide bonds. The summed E-state index contributed by atoms with van der Waals surface area (Å²) in [5.74, 6) is -0.671. The predicted octanol–water partition coefficient (Wildman–Crippen LogP) is 0.357. The average Bonchev–Trinajstić information content (AvgIpc) is 2.23. The van der Waals surface area contributed by atoms with Gasteiger partial charge in [-0.25, -0.2) is 9.35 Å². The molecule has 0 aliphatic carbocycles.